The summed E-state index contributed by atoms with van der Waals surface area (Å²) in [6, 6.07) is 25.5. The summed E-state index contributed by atoms with van der Waals surface area (Å²) in [6.07, 6.45) is 4.06. The molecule has 0 N–H and O–H groups in total. The van der Waals surface area contributed by atoms with Gasteiger partial charge in [-0.1, -0.05) is 55.1 Å². The fourth-order valence-electron chi connectivity index (χ4n) is 3.28. The molecular formula is C27H29NO4. The molecule has 0 aliphatic carbocycles. The van der Waals surface area contributed by atoms with Crippen LogP contribution in [0.2, 0.25) is 0 Å². The van der Waals surface area contributed by atoms with Crippen molar-refractivity contribution >= 4 is 17.1 Å². The van der Waals surface area contributed by atoms with Crippen LogP contribution in [0.4, 0.5) is 17.1 Å². The first-order chi connectivity index (χ1) is 15.7. The molecule has 0 aromatic heterocycles. The van der Waals surface area contributed by atoms with Crippen LogP contribution in [0.25, 0.3) is 0 Å². The Morgan fingerprint density at radius 1 is 0.625 bits per heavy atom. The molecular weight excluding hydrogens is 402 g/mol. The highest BCUT2D eigenvalue weighted by atomic mass is 17.2. The lowest BCUT2D eigenvalue weighted by Gasteiger charge is -2.26. The van der Waals surface area contributed by atoms with Gasteiger partial charge in [-0.3, -0.25) is 0 Å². The maximum atomic E-state index is 5.02. The van der Waals surface area contributed by atoms with Crippen LogP contribution in [-0.4, -0.2) is 13.2 Å². The number of nitrogens with zero attached hydrogens (tertiary/aromatic N) is 1. The van der Waals surface area contributed by atoms with E-state index in [0.29, 0.717) is 13.2 Å². The number of aryl methyl sites for hydroxylation is 1. The van der Waals surface area contributed by atoms with E-state index in [0.717, 1.165) is 29.9 Å². The maximum absolute atomic E-state index is 5.02. The molecule has 0 fully saturated rings. The smallest absolute Gasteiger partial charge is 0.122 e. The molecule has 32 heavy (non-hydrogen) atoms. The lowest BCUT2D eigenvalue weighted by molar-refractivity contribution is -0.247. The van der Waals surface area contributed by atoms with Gasteiger partial charge in [-0.25, -0.2) is 0 Å². The van der Waals surface area contributed by atoms with Gasteiger partial charge in [-0.15, -0.1) is 0 Å². The molecule has 0 aliphatic heterocycles. The molecule has 0 saturated heterocycles. The standard InChI is InChI=1S/C27H29NO4/c1-4-29-31-20-18-23-8-14-26(15-9-23)28(25-12-6-22(3)7-13-25)27-16-10-24(11-17-27)19-21-32-30-5-2/h4-17H,1-2,18-21H2,3H3. The summed E-state index contributed by atoms with van der Waals surface area (Å²) in [5.41, 5.74) is 6.82. The van der Waals surface area contributed by atoms with Crippen molar-refractivity contribution in [2.75, 3.05) is 18.1 Å². The second kappa shape index (κ2) is 12.3. The molecule has 0 bridgehead atoms. The second-order valence-electron chi connectivity index (χ2n) is 7.17. The number of hydrogen-bond donors (Lipinski definition) is 0. The molecule has 5 heteroatoms. The summed E-state index contributed by atoms with van der Waals surface area (Å²) in [4.78, 5) is 21.7. The molecule has 0 amide bonds. The third-order valence-electron chi connectivity index (χ3n) is 4.90. The molecule has 5 nitrogen and oxygen atoms in total. The Labute approximate surface area is 190 Å². The van der Waals surface area contributed by atoms with E-state index in [2.05, 4.69) is 97.8 Å². The van der Waals surface area contributed by atoms with Crippen LogP contribution in [0, 0.1) is 6.92 Å². The lowest BCUT2D eigenvalue weighted by Crippen LogP contribution is -2.10. The first-order valence-electron chi connectivity index (χ1n) is 10.5. The molecule has 0 aliphatic rings. The Morgan fingerprint density at radius 2 is 1.00 bits per heavy atom. The van der Waals surface area contributed by atoms with Crippen molar-refractivity contribution in [3.05, 3.63) is 115 Å². The summed E-state index contributed by atoms with van der Waals surface area (Å²) >= 11 is 0. The van der Waals surface area contributed by atoms with Gasteiger partial charge in [0.15, 0.2) is 0 Å². The third kappa shape index (κ3) is 6.74. The summed E-state index contributed by atoms with van der Waals surface area (Å²) in [6.45, 7) is 9.95. The Kier molecular flexibility index (Phi) is 8.92. The van der Waals surface area contributed by atoms with Gasteiger partial charge >= 0.3 is 0 Å². The van der Waals surface area contributed by atoms with E-state index < -0.39 is 0 Å². The molecule has 0 spiro atoms. The summed E-state index contributed by atoms with van der Waals surface area (Å²) in [7, 11) is 0. The Balaban J connectivity index is 1.79. The number of anilines is 3. The van der Waals surface area contributed by atoms with Crippen molar-refractivity contribution in [2.24, 2.45) is 0 Å². The van der Waals surface area contributed by atoms with Crippen LogP contribution >= 0.6 is 0 Å². The van der Waals surface area contributed by atoms with Crippen molar-refractivity contribution in [1.82, 2.24) is 0 Å². The van der Waals surface area contributed by atoms with Gasteiger partial charge < -0.3 is 14.7 Å². The molecule has 0 atom stereocenters. The zero-order chi connectivity index (χ0) is 22.6. The number of rotatable bonds is 13. The topological polar surface area (TPSA) is 40.2 Å². The predicted octanol–water partition coefficient (Wildman–Crippen LogP) is 6.73. The quantitative estimate of drug-likeness (QED) is 0.130. The van der Waals surface area contributed by atoms with Gasteiger partial charge in [-0.05, 0) is 67.3 Å². The Morgan fingerprint density at radius 3 is 1.38 bits per heavy atom. The van der Waals surface area contributed by atoms with Crippen molar-refractivity contribution < 1.29 is 19.6 Å². The van der Waals surface area contributed by atoms with Gasteiger partial charge in [0.2, 0.25) is 0 Å². The van der Waals surface area contributed by atoms with Crippen LogP contribution in [0.15, 0.2) is 98.5 Å². The average Bonchev–Trinajstić information content (AvgIpc) is 2.83. The highest BCUT2D eigenvalue weighted by Gasteiger charge is 2.12. The van der Waals surface area contributed by atoms with Gasteiger partial charge in [0, 0.05) is 17.1 Å². The van der Waals surface area contributed by atoms with Crippen molar-refractivity contribution in [3.63, 3.8) is 0 Å². The number of benzene rings is 3. The van der Waals surface area contributed by atoms with Gasteiger partial charge in [0.1, 0.15) is 12.5 Å². The molecule has 3 aromatic carbocycles. The van der Waals surface area contributed by atoms with E-state index in [1.165, 1.54) is 29.2 Å². The lowest BCUT2D eigenvalue weighted by atomic mass is 10.1. The minimum atomic E-state index is 0.468. The monoisotopic (exact) mass is 431 g/mol. The Bertz CT molecular complexity index is 907. The van der Waals surface area contributed by atoms with Crippen molar-refractivity contribution in [3.8, 4) is 0 Å². The van der Waals surface area contributed by atoms with E-state index in [9.17, 15) is 0 Å². The molecule has 0 heterocycles. The van der Waals surface area contributed by atoms with Crippen LogP contribution < -0.4 is 4.90 Å². The minimum absolute atomic E-state index is 0.468. The number of hydrogen-bond acceptors (Lipinski definition) is 5. The van der Waals surface area contributed by atoms with Crippen LogP contribution in [-0.2, 0) is 32.4 Å². The molecule has 3 rings (SSSR count). The van der Waals surface area contributed by atoms with Crippen molar-refractivity contribution in [1.29, 1.82) is 0 Å². The van der Waals surface area contributed by atoms with E-state index in [1.807, 2.05) is 0 Å². The van der Waals surface area contributed by atoms with Gasteiger partial charge in [-0.2, -0.15) is 9.78 Å². The molecule has 0 radical (unpaired) electrons. The van der Waals surface area contributed by atoms with Crippen molar-refractivity contribution in [2.45, 2.75) is 19.8 Å². The minimum Gasteiger partial charge on any atom is -0.346 e. The first kappa shape index (κ1) is 23.1. The van der Waals surface area contributed by atoms with E-state index >= 15 is 0 Å². The second-order valence-corrected chi connectivity index (χ2v) is 7.17. The normalized spacial score (nSPS) is 10.4. The van der Waals surface area contributed by atoms with Gasteiger partial charge in [0.25, 0.3) is 0 Å². The third-order valence-corrected chi connectivity index (χ3v) is 4.90. The van der Waals surface area contributed by atoms with Crippen LogP contribution in [0.5, 0.6) is 0 Å². The SMILES string of the molecule is C=COOCCc1ccc(N(c2ccc(C)cc2)c2ccc(CCOOC=C)cc2)cc1. The van der Waals surface area contributed by atoms with E-state index in [1.54, 1.807) is 0 Å². The highest BCUT2D eigenvalue weighted by molar-refractivity contribution is 5.76. The summed E-state index contributed by atoms with van der Waals surface area (Å²) in [5, 5.41) is 0. The van der Waals surface area contributed by atoms with Crippen LogP contribution in [0.3, 0.4) is 0 Å². The molecule has 0 saturated carbocycles. The van der Waals surface area contributed by atoms with E-state index in [-0.39, 0.29) is 0 Å². The first-order valence-corrected chi connectivity index (χ1v) is 10.5. The molecule has 166 valence electrons. The fourth-order valence-corrected chi connectivity index (χ4v) is 3.28. The fraction of sp³-hybridized carbons (Fsp3) is 0.185. The van der Waals surface area contributed by atoms with Crippen LogP contribution in [0.1, 0.15) is 16.7 Å². The van der Waals surface area contributed by atoms with Gasteiger partial charge in [0.05, 0.1) is 13.2 Å². The average molecular weight is 432 g/mol. The largest absolute Gasteiger partial charge is 0.346 e. The zero-order valence-electron chi connectivity index (χ0n) is 18.4. The summed E-state index contributed by atoms with van der Waals surface area (Å²) < 4.78 is 0. The Hall–Kier alpha value is -3.54. The molecule has 0 unspecified atom stereocenters. The predicted molar refractivity (Wildman–Crippen MR) is 128 cm³/mol. The molecule has 3 aromatic rings. The summed E-state index contributed by atoms with van der Waals surface area (Å²) in [5.74, 6) is 0. The maximum Gasteiger partial charge on any atom is 0.122 e. The van der Waals surface area contributed by atoms with E-state index in [4.69, 9.17) is 19.6 Å². The zero-order valence-corrected chi connectivity index (χ0v) is 18.4. The highest BCUT2D eigenvalue weighted by Crippen LogP contribution is 2.34.